The van der Waals surface area contributed by atoms with Crippen LogP contribution in [0.3, 0.4) is 0 Å². The molecule has 0 bridgehead atoms. The van der Waals surface area contributed by atoms with Crippen molar-refractivity contribution in [2.75, 3.05) is 27.9 Å². The molecule has 5 heteroatoms. The highest BCUT2D eigenvalue weighted by molar-refractivity contribution is 5.49. The minimum absolute atomic E-state index is 0.0586. The van der Waals surface area contributed by atoms with E-state index in [1.54, 1.807) is 27.4 Å². The maximum atomic E-state index is 9.95. The Labute approximate surface area is 161 Å². The molecule has 2 N–H and O–H groups in total. The monoisotopic (exact) mass is 374 g/mol. The maximum Gasteiger partial charge on any atom is 0.161 e. The van der Waals surface area contributed by atoms with E-state index in [2.05, 4.69) is 6.92 Å². The Hall–Kier alpha value is -2.40. The molecule has 0 radical (unpaired) electrons. The zero-order valence-electron chi connectivity index (χ0n) is 16.7. The van der Waals surface area contributed by atoms with Gasteiger partial charge in [-0.3, -0.25) is 0 Å². The second-order valence-electron chi connectivity index (χ2n) is 6.97. The lowest BCUT2D eigenvalue weighted by Gasteiger charge is -2.26. The summed E-state index contributed by atoms with van der Waals surface area (Å²) >= 11 is 0. The smallest absolute Gasteiger partial charge is 0.161 e. The van der Waals surface area contributed by atoms with E-state index >= 15 is 0 Å². The number of aliphatic hydroxyl groups is 1. The lowest BCUT2D eigenvalue weighted by Crippen LogP contribution is -2.16. The minimum Gasteiger partial charge on any atom is -0.504 e. The van der Waals surface area contributed by atoms with Crippen molar-refractivity contribution in [2.45, 2.75) is 26.2 Å². The van der Waals surface area contributed by atoms with Crippen molar-refractivity contribution in [2.24, 2.45) is 11.8 Å². The predicted octanol–water partition coefficient (Wildman–Crippen LogP) is 4.20. The minimum atomic E-state index is 0.0586. The number of aliphatic hydroxyl groups excluding tert-OH is 1. The van der Waals surface area contributed by atoms with Gasteiger partial charge in [0.2, 0.25) is 0 Å². The van der Waals surface area contributed by atoms with Gasteiger partial charge in [0, 0.05) is 12.5 Å². The van der Waals surface area contributed by atoms with Gasteiger partial charge in [-0.15, -0.1) is 0 Å². The maximum absolute atomic E-state index is 9.95. The molecule has 0 aromatic heterocycles. The molecule has 2 rings (SSSR count). The molecule has 0 fully saturated rings. The molecule has 5 nitrogen and oxygen atoms in total. The van der Waals surface area contributed by atoms with E-state index in [1.807, 2.05) is 37.3 Å². The number of benzene rings is 2. The highest BCUT2D eigenvalue weighted by Gasteiger charge is 2.23. The topological polar surface area (TPSA) is 68.2 Å². The SMILES string of the molecule is COc1cc([C@@H](C[C@H](C)[C@H](C)CO)c2ccc(OC)c(OC)c2)ccc1O. The van der Waals surface area contributed by atoms with E-state index in [0.29, 0.717) is 23.2 Å². The summed E-state index contributed by atoms with van der Waals surface area (Å²) in [6.45, 7) is 4.35. The average Bonchev–Trinajstić information content (AvgIpc) is 2.71. The van der Waals surface area contributed by atoms with Crippen molar-refractivity contribution in [1.82, 2.24) is 0 Å². The van der Waals surface area contributed by atoms with E-state index in [0.717, 1.165) is 17.5 Å². The number of ether oxygens (including phenoxy) is 3. The van der Waals surface area contributed by atoms with Crippen molar-refractivity contribution in [3.05, 3.63) is 47.5 Å². The zero-order valence-corrected chi connectivity index (χ0v) is 16.7. The summed E-state index contributed by atoms with van der Waals surface area (Å²) in [5, 5.41) is 19.5. The third kappa shape index (κ3) is 4.86. The summed E-state index contributed by atoms with van der Waals surface area (Å²) in [5.41, 5.74) is 2.12. The summed E-state index contributed by atoms with van der Waals surface area (Å²) in [5.74, 6) is 2.46. The molecule has 148 valence electrons. The van der Waals surface area contributed by atoms with Crippen molar-refractivity contribution in [3.8, 4) is 23.0 Å². The quantitative estimate of drug-likeness (QED) is 0.688. The van der Waals surface area contributed by atoms with Gasteiger partial charge in [-0.2, -0.15) is 0 Å². The molecule has 0 aliphatic heterocycles. The molecule has 0 saturated carbocycles. The Morgan fingerprint density at radius 3 is 1.89 bits per heavy atom. The van der Waals surface area contributed by atoms with Crippen LogP contribution in [-0.4, -0.2) is 38.1 Å². The Morgan fingerprint density at radius 1 is 0.778 bits per heavy atom. The van der Waals surface area contributed by atoms with Gasteiger partial charge < -0.3 is 24.4 Å². The van der Waals surface area contributed by atoms with Crippen LogP contribution in [0.1, 0.15) is 37.3 Å². The van der Waals surface area contributed by atoms with Crippen LogP contribution >= 0.6 is 0 Å². The fraction of sp³-hybridized carbons (Fsp3) is 0.455. The fourth-order valence-corrected chi connectivity index (χ4v) is 3.23. The summed E-state index contributed by atoms with van der Waals surface area (Å²) < 4.78 is 16.1. The number of aromatic hydroxyl groups is 1. The van der Waals surface area contributed by atoms with Gasteiger partial charge in [-0.05, 0) is 53.6 Å². The predicted molar refractivity (Wildman–Crippen MR) is 106 cm³/mol. The standard InChI is InChI=1S/C22H30O5/c1-14(15(2)13-23)10-18(16-6-8-19(24)21(11-16)26-4)17-7-9-20(25-3)22(12-17)27-5/h6-9,11-12,14-15,18,23-24H,10,13H2,1-5H3/t14-,15+,18+/m0/s1. The molecular weight excluding hydrogens is 344 g/mol. The van der Waals surface area contributed by atoms with Crippen molar-refractivity contribution in [1.29, 1.82) is 0 Å². The van der Waals surface area contributed by atoms with Gasteiger partial charge >= 0.3 is 0 Å². The molecule has 0 spiro atoms. The van der Waals surface area contributed by atoms with E-state index in [4.69, 9.17) is 14.2 Å². The second-order valence-corrected chi connectivity index (χ2v) is 6.97. The molecule has 0 amide bonds. The van der Waals surface area contributed by atoms with Crippen LogP contribution in [0, 0.1) is 11.8 Å². The highest BCUT2D eigenvalue weighted by atomic mass is 16.5. The van der Waals surface area contributed by atoms with Gasteiger partial charge in [0.05, 0.1) is 21.3 Å². The second kappa shape index (κ2) is 9.51. The van der Waals surface area contributed by atoms with Gasteiger partial charge in [-0.25, -0.2) is 0 Å². The Bertz CT molecular complexity index is 743. The van der Waals surface area contributed by atoms with E-state index in [9.17, 15) is 10.2 Å². The van der Waals surface area contributed by atoms with Crippen LogP contribution in [0.2, 0.25) is 0 Å². The third-order valence-corrected chi connectivity index (χ3v) is 5.28. The number of phenolic OH excluding ortho intramolecular Hbond substituents is 1. The zero-order chi connectivity index (χ0) is 20.0. The van der Waals surface area contributed by atoms with Gasteiger partial charge in [0.25, 0.3) is 0 Å². The number of hydrogen-bond donors (Lipinski definition) is 2. The van der Waals surface area contributed by atoms with Crippen molar-refractivity contribution < 1.29 is 24.4 Å². The lowest BCUT2D eigenvalue weighted by molar-refractivity contribution is 0.188. The molecule has 3 atom stereocenters. The number of phenols is 1. The Kier molecular flexibility index (Phi) is 7.36. The van der Waals surface area contributed by atoms with Crippen LogP contribution in [0.4, 0.5) is 0 Å². The molecule has 2 aromatic rings. The Balaban J connectivity index is 2.49. The van der Waals surface area contributed by atoms with E-state index in [1.165, 1.54) is 0 Å². The Morgan fingerprint density at radius 2 is 1.33 bits per heavy atom. The number of rotatable bonds is 9. The summed E-state index contributed by atoms with van der Waals surface area (Å²) in [4.78, 5) is 0. The molecule has 0 aliphatic rings. The largest absolute Gasteiger partial charge is 0.504 e. The van der Waals surface area contributed by atoms with Gasteiger partial charge in [0.1, 0.15) is 0 Å². The molecule has 0 heterocycles. The highest BCUT2D eigenvalue weighted by Crippen LogP contribution is 2.40. The molecule has 0 unspecified atom stereocenters. The first-order valence-electron chi connectivity index (χ1n) is 9.14. The van der Waals surface area contributed by atoms with Crippen LogP contribution in [0.15, 0.2) is 36.4 Å². The van der Waals surface area contributed by atoms with Crippen molar-refractivity contribution in [3.63, 3.8) is 0 Å². The molecule has 0 aliphatic carbocycles. The average molecular weight is 374 g/mol. The van der Waals surface area contributed by atoms with Gasteiger partial charge in [0.15, 0.2) is 23.0 Å². The van der Waals surface area contributed by atoms with Crippen LogP contribution in [-0.2, 0) is 0 Å². The fourth-order valence-electron chi connectivity index (χ4n) is 3.23. The van der Waals surface area contributed by atoms with E-state index in [-0.39, 0.29) is 24.2 Å². The summed E-state index contributed by atoms with van der Waals surface area (Å²) in [7, 11) is 4.78. The molecule has 2 aromatic carbocycles. The molecular formula is C22H30O5. The van der Waals surface area contributed by atoms with Crippen LogP contribution in [0.25, 0.3) is 0 Å². The first-order chi connectivity index (χ1) is 12.9. The van der Waals surface area contributed by atoms with Gasteiger partial charge in [-0.1, -0.05) is 26.0 Å². The summed E-state index contributed by atoms with van der Waals surface area (Å²) in [6.07, 6.45) is 0.838. The van der Waals surface area contributed by atoms with E-state index < -0.39 is 0 Å². The van der Waals surface area contributed by atoms with Crippen LogP contribution in [0.5, 0.6) is 23.0 Å². The molecule has 27 heavy (non-hydrogen) atoms. The first kappa shape index (κ1) is 20.9. The number of methoxy groups -OCH3 is 3. The first-order valence-corrected chi connectivity index (χ1v) is 9.14. The normalized spacial score (nSPS) is 14.3. The third-order valence-electron chi connectivity index (χ3n) is 5.28. The van der Waals surface area contributed by atoms with Crippen LogP contribution < -0.4 is 14.2 Å². The van der Waals surface area contributed by atoms with Crippen molar-refractivity contribution >= 4 is 0 Å². The summed E-state index contributed by atoms with van der Waals surface area (Å²) in [6, 6.07) is 11.4. The lowest BCUT2D eigenvalue weighted by atomic mass is 9.80. The molecule has 0 saturated heterocycles. The number of hydrogen-bond acceptors (Lipinski definition) is 5.